The van der Waals surface area contributed by atoms with Gasteiger partial charge in [0.2, 0.25) is 0 Å². The summed E-state index contributed by atoms with van der Waals surface area (Å²) < 4.78 is 0. The van der Waals surface area contributed by atoms with Crippen LogP contribution in [0.2, 0.25) is 0 Å². The zero-order valence-electron chi connectivity index (χ0n) is 12.8. The molecule has 0 spiro atoms. The van der Waals surface area contributed by atoms with Gasteiger partial charge in [-0.15, -0.1) is 0 Å². The van der Waals surface area contributed by atoms with Crippen molar-refractivity contribution < 1.29 is 4.79 Å². The fraction of sp³-hybridized carbons (Fsp3) is 0.278. The van der Waals surface area contributed by atoms with Crippen molar-refractivity contribution in [1.82, 2.24) is 5.32 Å². The number of amides is 2. The van der Waals surface area contributed by atoms with E-state index in [1.807, 2.05) is 56.3 Å². The van der Waals surface area contributed by atoms with E-state index in [9.17, 15) is 4.79 Å². The molecule has 2 amide bonds. The first-order chi connectivity index (χ1) is 10.1. The predicted octanol–water partition coefficient (Wildman–Crippen LogP) is 4.58. The summed E-state index contributed by atoms with van der Waals surface area (Å²) in [6.07, 6.45) is 0.852. The molecular weight excluding hydrogens is 260 g/mol. The SMILES string of the molecule is CC[C@H](NC(=O)Nc1ccc(C)cc1C)c1ccccc1. The molecule has 2 rings (SSSR count). The maximum atomic E-state index is 12.2. The minimum Gasteiger partial charge on any atom is -0.331 e. The molecule has 0 radical (unpaired) electrons. The van der Waals surface area contributed by atoms with Crippen molar-refractivity contribution in [2.45, 2.75) is 33.2 Å². The van der Waals surface area contributed by atoms with Crippen LogP contribution in [0.25, 0.3) is 0 Å². The third-order valence-electron chi connectivity index (χ3n) is 3.55. The molecule has 0 bridgehead atoms. The molecule has 0 saturated carbocycles. The van der Waals surface area contributed by atoms with Crippen molar-refractivity contribution in [3.8, 4) is 0 Å². The number of carbonyl (C=O) groups is 1. The van der Waals surface area contributed by atoms with E-state index in [1.54, 1.807) is 0 Å². The van der Waals surface area contributed by atoms with Gasteiger partial charge in [-0.2, -0.15) is 0 Å². The number of aryl methyl sites for hydroxylation is 2. The van der Waals surface area contributed by atoms with Gasteiger partial charge in [0.1, 0.15) is 0 Å². The van der Waals surface area contributed by atoms with Crippen molar-refractivity contribution in [3.05, 3.63) is 65.2 Å². The van der Waals surface area contributed by atoms with Gasteiger partial charge in [0.05, 0.1) is 6.04 Å². The lowest BCUT2D eigenvalue weighted by Gasteiger charge is -2.18. The van der Waals surface area contributed by atoms with E-state index in [2.05, 4.69) is 23.6 Å². The Bertz CT molecular complexity index is 608. The van der Waals surface area contributed by atoms with Crippen molar-refractivity contribution in [2.24, 2.45) is 0 Å². The van der Waals surface area contributed by atoms with Gasteiger partial charge in [-0.05, 0) is 37.5 Å². The zero-order valence-corrected chi connectivity index (χ0v) is 12.8. The normalized spacial score (nSPS) is 11.8. The minimum atomic E-state index is -0.169. The number of carbonyl (C=O) groups excluding carboxylic acids is 1. The predicted molar refractivity (Wildman–Crippen MR) is 87.5 cm³/mol. The summed E-state index contributed by atoms with van der Waals surface area (Å²) in [6.45, 7) is 6.10. The van der Waals surface area contributed by atoms with Crippen LogP contribution < -0.4 is 10.6 Å². The molecule has 21 heavy (non-hydrogen) atoms. The molecule has 0 heterocycles. The number of nitrogens with one attached hydrogen (secondary N) is 2. The number of urea groups is 1. The Kier molecular flexibility index (Phi) is 4.99. The van der Waals surface area contributed by atoms with Gasteiger partial charge >= 0.3 is 6.03 Å². The van der Waals surface area contributed by atoms with E-state index in [1.165, 1.54) is 5.56 Å². The van der Waals surface area contributed by atoms with Gasteiger partial charge in [0, 0.05) is 5.69 Å². The number of benzene rings is 2. The summed E-state index contributed by atoms with van der Waals surface area (Å²) in [5, 5.41) is 5.95. The molecule has 110 valence electrons. The van der Waals surface area contributed by atoms with Gasteiger partial charge in [0.15, 0.2) is 0 Å². The number of rotatable bonds is 4. The molecule has 0 aromatic heterocycles. The maximum absolute atomic E-state index is 12.2. The van der Waals surface area contributed by atoms with Crippen molar-refractivity contribution in [1.29, 1.82) is 0 Å². The van der Waals surface area contributed by atoms with Crippen LogP contribution >= 0.6 is 0 Å². The lowest BCUT2D eigenvalue weighted by molar-refractivity contribution is 0.248. The summed E-state index contributed by atoms with van der Waals surface area (Å²) in [4.78, 5) is 12.2. The number of anilines is 1. The summed E-state index contributed by atoms with van der Waals surface area (Å²) in [6, 6.07) is 15.9. The highest BCUT2D eigenvalue weighted by atomic mass is 16.2. The van der Waals surface area contributed by atoms with Crippen LogP contribution in [0.4, 0.5) is 10.5 Å². The van der Waals surface area contributed by atoms with E-state index in [0.717, 1.165) is 23.2 Å². The lowest BCUT2D eigenvalue weighted by atomic mass is 10.1. The topological polar surface area (TPSA) is 41.1 Å². The molecule has 0 aliphatic heterocycles. The lowest BCUT2D eigenvalue weighted by Crippen LogP contribution is -2.32. The Hall–Kier alpha value is -2.29. The molecule has 0 aliphatic carbocycles. The Labute approximate surface area is 126 Å². The Balaban J connectivity index is 2.03. The monoisotopic (exact) mass is 282 g/mol. The molecule has 2 aromatic carbocycles. The molecular formula is C18H22N2O. The molecule has 0 aliphatic rings. The summed E-state index contributed by atoms with van der Waals surface area (Å²) >= 11 is 0. The third kappa shape index (κ3) is 4.09. The minimum absolute atomic E-state index is 0.0250. The largest absolute Gasteiger partial charge is 0.331 e. The van der Waals surface area contributed by atoms with E-state index >= 15 is 0 Å². The first-order valence-corrected chi connectivity index (χ1v) is 7.30. The molecule has 0 saturated heterocycles. The summed E-state index contributed by atoms with van der Waals surface area (Å²) in [5.41, 5.74) is 4.23. The molecule has 0 fully saturated rings. The van der Waals surface area contributed by atoms with E-state index < -0.39 is 0 Å². The van der Waals surface area contributed by atoms with Crippen LogP contribution in [0.3, 0.4) is 0 Å². The quantitative estimate of drug-likeness (QED) is 0.847. The molecule has 3 nitrogen and oxygen atoms in total. The van der Waals surface area contributed by atoms with Gasteiger partial charge < -0.3 is 10.6 Å². The maximum Gasteiger partial charge on any atom is 0.319 e. The van der Waals surface area contributed by atoms with E-state index in [-0.39, 0.29) is 12.1 Å². The van der Waals surface area contributed by atoms with Crippen molar-refractivity contribution in [3.63, 3.8) is 0 Å². The van der Waals surface area contributed by atoms with Crippen LogP contribution in [-0.4, -0.2) is 6.03 Å². The fourth-order valence-corrected chi connectivity index (χ4v) is 2.38. The molecule has 1 atom stereocenters. The van der Waals surface area contributed by atoms with Crippen molar-refractivity contribution in [2.75, 3.05) is 5.32 Å². The van der Waals surface area contributed by atoms with Crippen LogP contribution in [0.1, 0.15) is 36.1 Å². The second-order valence-electron chi connectivity index (χ2n) is 5.29. The fourth-order valence-electron chi connectivity index (χ4n) is 2.38. The number of hydrogen-bond donors (Lipinski definition) is 2. The highest BCUT2D eigenvalue weighted by Gasteiger charge is 2.12. The van der Waals surface area contributed by atoms with Crippen molar-refractivity contribution >= 4 is 11.7 Å². The second kappa shape index (κ2) is 6.93. The average Bonchev–Trinajstić information content (AvgIpc) is 2.48. The van der Waals surface area contributed by atoms with Crippen LogP contribution in [0, 0.1) is 13.8 Å². The van der Waals surface area contributed by atoms with E-state index in [4.69, 9.17) is 0 Å². The number of hydrogen-bond acceptors (Lipinski definition) is 1. The van der Waals surface area contributed by atoms with Crippen LogP contribution in [-0.2, 0) is 0 Å². The Morgan fingerprint density at radius 3 is 2.43 bits per heavy atom. The standard InChI is InChI=1S/C18H22N2O/c1-4-16(15-8-6-5-7-9-15)19-18(21)20-17-11-10-13(2)12-14(17)3/h5-12,16H,4H2,1-3H3,(H2,19,20,21)/t16-/m0/s1. The first kappa shape index (κ1) is 15.1. The zero-order chi connectivity index (χ0) is 15.2. The van der Waals surface area contributed by atoms with E-state index in [0.29, 0.717) is 0 Å². The third-order valence-corrected chi connectivity index (χ3v) is 3.55. The highest BCUT2D eigenvalue weighted by Crippen LogP contribution is 2.18. The van der Waals surface area contributed by atoms with Gasteiger partial charge in [-0.3, -0.25) is 0 Å². The Morgan fingerprint density at radius 1 is 1.10 bits per heavy atom. The molecule has 0 unspecified atom stereocenters. The van der Waals surface area contributed by atoms with Gasteiger partial charge in [-0.1, -0.05) is 55.0 Å². The molecule has 2 N–H and O–H groups in total. The average molecular weight is 282 g/mol. The second-order valence-corrected chi connectivity index (χ2v) is 5.29. The van der Waals surface area contributed by atoms with Gasteiger partial charge in [0.25, 0.3) is 0 Å². The Morgan fingerprint density at radius 2 is 1.81 bits per heavy atom. The smallest absolute Gasteiger partial charge is 0.319 e. The first-order valence-electron chi connectivity index (χ1n) is 7.30. The van der Waals surface area contributed by atoms with Gasteiger partial charge in [-0.25, -0.2) is 4.79 Å². The molecule has 3 heteroatoms. The molecule has 2 aromatic rings. The summed E-state index contributed by atoms with van der Waals surface area (Å²) in [5.74, 6) is 0. The summed E-state index contributed by atoms with van der Waals surface area (Å²) in [7, 11) is 0. The van der Waals surface area contributed by atoms with Crippen LogP contribution in [0.5, 0.6) is 0 Å². The highest BCUT2D eigenvalue weighted by molar-refractivity contribution is 5.90. The van der Waals surface area contributed by atoms with Crippen LogP contribution in [0.15, 0.2) is 48.5 Å².